The SMILES string of the molecule is CC1=CC2C(=O)c3cccc4c3C(=O)C2(CSSCNC2=CC(=CCN2)C2(CCC3(CCCC3)C2)CC2(O)C(O)C(CO)OC(O4)C2O)C(O)=C1. The molecular weight excluding hydrogens is 693 g/mol. The quantitative estimate of drug-likeness (QED) is 0.206. The molecule has 2 saturated carbocycles. The summed E-state index contributed by atoms with van der Waals surface area (Å²) in [5, 5.41) is 65.1. The largest absolute Gasteiger partial charge is 0.511 e. The molecule has 4 aliphatic carbocycles. The van der Waals surface area contributed by atoms with Gasteiger partial charge in [0.1, 0.15) is 40.8 Å². The Morgan fingerprint density at radius 1 is 1.00 bits per heavy atom. The summed E-state index contributed by atoms with van der Waals surface area (Å²) in [5.74, 6) is -0.717. The van der Waals surface area contributed by atoms with Gasteiger partial charge in [0.05, 0.1) is 29.8 Å². The van der Waals surface area contributed by atoms with Gasteiger partial charge in [0.15, 0.2) is 11.6 Å². The van der Waals surface area contributed by atoms with Gasteiger partial charge in [-0.2, -0.15) is 0 Å². The highest BCUT2D eigenvalue weighted by Crippen LogP contribution is 2.63. The summed E-state index contributed by atoms with van der Waals surface area (Å²) in [7, 11) is 2.86. The minimum absolute atomic E-state index is 0.0104. The predicted octanol–water partition coefficient (Wildman–Crippen LogP) is 4.05. The molecule has 0 amide bonds. The second kappa shape index (κ2) is 13.0. The minimum atomic E-state index is -2.18. The van der Waals surface area contributed by atoms with Crippen molar-refractivity contribution in [3.8, 4) is 5.75 Å². The fourth-order valence-corrected chi connectivity index (χ4v) is 12.4. The fraction of sp³-hybridized carbons (Fsp3) is 0.579. The number of carbonyl (C=O) groups is 2. The number of ether oxygens (including phenoxy) is 2. The third kappa shape index (κ3) is 5.52. The molecule has 8 rings (SSSR count). The van der Waals surface area contributed by atoms with Crippen LogP contribution in [0.15, 0.2) is 65.2 Å². The number of hydrogen-bond acceptors (Lipinski definition) is 13. The Labute approximate surface area is 305 Å². The number of dihydropyridines is 1. The van der Waals surface area contributed by atoms with Crippen LogP contribution in [0.1, 0.15) is 79.0 Å². The van der Waals surface area contributed by atoms with Gasteiger partial charge in [-0.25, -0.2) is 0 Å². The topological polar surface area (TPSA) is 178 Å². The van der Waals surface area contributed by atoms with Crippen LogP contribution in [0.3, 0.4) is 0 Å². The van der Waals surface area contributed by atoms with Gasteiger partial charge in [-0.3, -0.25) is 9.59 Å². The van der Waals surface area contributed by atoms with Crippen LogP contribution in [0.5, 0.6) is 5.75 Å². The molecule has 1 aromatic carbocycles. The smallest absolute Gasteiger partial charge is 0.229 e. The third-order valence-corrected chi connectivity index (χ3v) is 14.9. The van der Waals surface area contributed by atoms with E-state index in [9.17, 15) is 35.1 Å². The maximum absolute atomic E-state index is 14.8. The van der Waals surface area contributed by atoms with E-state index >= 15 is 0 Å². The fourth-order valence-electron chi connectivity index (χ4n) is 10.1. The molecular formula is C38H46N2O9S2. The molecule has 3 spiro atoms. The lowest BCUT2D eigenvalue weighted by Crippen LogP contribution is -2.69. The van der Waals surface area contributed by atoms with Gasteiger partial charge in [-0.15, -0.1) is 0 Å². The zero-order valence-electron chi connectivity index (χ0n) is 28.6. The standard InChI is InChI=1S/C38H46N2O9S2/c1-21-13-24-30(43)23-5-4-6-25-29(23)32(45)37(24,27(42)14-21)19-50-51-20-40-28-15-22(7-12-39-28)36(11-10-35(17-36)8-2-3-9-35)18-38(47)31(44)26(16-41)49-34(48-25)33(38)46/h4-7,13-15,24,26,31,33-34,39-42,44,46-47H,2-3,8-12,16-20H2,1H3. The van der Waals surface area contributed by atoms with Crippen LogP contribution < -0.4 is 15.4 Å². The molecule has 7 N–H and O–H groups in total. The van der Waals surface area contributed by atoms with E-state index in [1.807, 2.05) is 0 Å². The van der Waals surface area contributed by atoms with Gasteiger partial charge in [0, 0.05) is 17.9 Å². The van der Waals surface area contributed by atoms with E-state index in [0.29, 0.717) is 18.0 Å². The second-order valence-corrected chi connectivity index (χ2v) is 18.1. The number of allylic oxidation sites excluding steroid dienone is 6. The molecule has 1 aromatic rings. The summed E-state index contributed by atoms with van der Waals surface area (Å²) in [4.78, 5) is 29.0. The molecule has 8 atom stereocenters. The van der Waals surface area contributed by atoms with Crippen molar-refractivity contribution in [3.63, 3.8) is 0 Å². The Morgan fingerprint density at radius 2 is 1.80 bits per heavy atom. The number of hydrogen-bond donors (Lipinski definition) is 7. The Balaban J connectivity index is 1.25. The van der Waals surface area contributed by atoms with E-state index in [-0.39, 0.29) is 46.0 Å². The van der Waals surface area contributed by atoms with Crippen LogP contribution in [-0.4, -0.2) is 92.1 Å². The van der Waals surface area contributed by atoms with Crippen molar-refractivity contribution in [2.75, 3.05) is 24.8 Å². The Hall–Kier alpha value is -2.78. The Bertz CT molecular complexity index is 1750. The zero-order chi connectivity index (χ0) is 35.8. The van der Waals surface area contributed by atoms with E-state index < -0.39 is 59.3 Å². The first-order valence-electron chi connectivity index (χ1n) is 17.9. The average Bonchev–Trinajstić information content (AvgIpc) is 3.74. The van der Waals surface area contributed by atoms with E-state index in [1.165, 1.54) is 33.7 Å². The molecule has 7 aliphatic rings. The monoisotopic (exact) mass is 738 g/mol. The molecule has 13 heteroatoms. The number of nitrogens with one attached hydrogen (secondary N) is 2. The third-order valence-electron chi connectivity index (χ3n) is 12.7. The predicted molar refractivity (Wildman–Crippen MR) is 193 cm³/mol. The number of aliphatic hydroxyl groups is 5. The molecule has 1 saturated heterocycles. The van der Waals surface area contributed by atoms with Gasteiger partial charge in [-0.1, -0.05) is 64.3 Å². The van der Waals surface area contributed by atoms with Crippen molar-refractivity contribution in [3.05, 3.63) is 76.4 Å². The van der Waals surface area contributed by atoms with Crippen LogP contribution in [0.25, 0.3) is 0 Å². The van der Waals surface area contributed by atoms with Crippen molar-refractivity contribution in [1.82, 2.24) is 10.6 Å². The minimum Gasteiger partial charge on any atom is -0.511 e. The molecule has 3 aliphatic heterocycles. The van der Waals surface area contributed by atoms with Crippen LogP contribution in [0.2, 0.25) is 0 Å². The molecule has 3 fully saturated rings. The summed E-state index contributed by atoms with van der Waals surface area (Å²) >= 11 is 0. The molecule has 6 bridgehead atoms. The number of benzene rings is 1. The van der Waals surface area contributed by atoms with Crippen molar-refractivity contribution < 1.29 is 44.6 Å². The summed E-state index contributed by atoms with van der Waals surface area (Å²) in [6, 6.07) is 4.62. The number of fused-ring (bicyclic) bond motifs is 4. The van der Waals surface area contributed by atoms with Crippen LogP contribution in [0.4, 0.5) is 0 Å². The van der Waals surface area contributed by atoms with Crippen LogP contribution in [0, 0.1) is 22.2 Å². The number of carbonyl (C=O) groups excluding carboxylic acids is 2. The van der Waals surface area contributed by atoms with Gasteiger partial charge >= 0.3 is 0 Å². The highest BCUT2D eigenvalue weighted by Gasteiger charge is 2.63. The van der Waals surface area contributed by atoms with Crippen molar-refractivity contribution in [1.29, 1.82) is 0 Å². The van der Waals surface area contributed by atoms with E-state index in [0.717, 1.165) is 56.3 Å². The Kier molecular flexibility index (Phi) is 8.96. The van der Waals surface area contributed by atoms with E-state index in [1.54, 1.807) is 25.1 Å². The van der Waals surface area contributed by atoms with Gasteiger partial charge < -0.3 is 45.6 Å². The number of aliphatic hydroxyl groups excluding tert-OH is 4. The molecule has 11 nitrogen and oxygen atoms in total. The maximum Gasteiger partial charge on any atom is 0.229 e. The summed E-state index contributed by atoms with van der Waals surface area (Å²) in [5.41, 5.74) is -2.51. The number of ketones is 2. The highest BCUT2D eigenvalue weighted by molar-refractivity contribution is 8.76. The van der Waals surface area contributed by atoms with Gasteiger partial charge in [-0.05, 0) is 80.1 Å². The molecule has 0 aromatic heterocycles. The second-order valence-electron chi connectivity index (χ2n) is 15.6. The lowest BCUT2D eigenvalue weighted by molar-refractivity contribution is -0.319. The summed E-state index contributed by atoms with van der Waals surface area (Å²) < 4.78 is 12.3. The lowest BCUT2D eigenvalue weighted by atomic mass is 9.60. The Morgan fingerprint density at radius 3 is 2.59 bits per heavy atom. The highest BCUT2D eigenvalue weighted by atomic mass is 33.1. The van der Waals surface area contributed by atoms with Crippen molar-refractivity contribution >= 4 is 33.2 Å². The first-order chi connectivity index (χ1) is 24.5. The molecule has 0 radical (unpaired) electrons. The molecule has 8 unspecified atom stereocenters. The van der Waals surface area contributed by atoms with Crippen molar-refractivity contribution in [2.24, 2.45) is 22.2 Å². The van der Waals surface area contributed by atoms with Gasteiger partial charge in [0.2, 0.25) is 6.29 Å². The van der Waals surface area contributed by atoms with E-state index in [4.69, 9.17) is 9.47 Å². The maximum atomic E-state index is 14.8. The normalized spacial score (nSPS) is 39.0. The van der Waals surface area contributed by atoms with Crippen LogP contribution >= 0.6 is 21.6 Å². The summed E-state index contributed by atoms with van der Waals surface area (Å²) in [6.07, 6.45) is 8.01. The van der Waals surface area contributed by atoms with E-state index in [2.05, 4.69) is 22.8 Å². The number of Topliss-reactive ketones (excluding diaryl/α,β-unsaturated/α-hetero) is 2. The number of rotatable bonds is 1. The molecule has 274 valence electrons. The van der Waals surface area contributed by atoms with Gasteiger partial charge in [0.25, 0.3) is 0 Å². The first kappa shape index (κ1) is 35.3. The zero-order valence-corrected chi connectivity index (χ0v) is 30.2. The molecule has 3 heterocycles. The molecule has 51 heavy (non-hydrogen) atoms. The average molecular weight is 739 g/mol. The van der Waals surface area contributed by atoms with Crippen LogP contribution in [-0.2, 0) is 4.74 Å². The first-order valence-corrected chi connectivity index (χ1v) is 20.4. The summed E-state index contributed by atoms with van der Waals surface area (Å²) in [6.45, 7) is 1.65. The van der Waals surface area contributed by atoms with Crippen molar-refractivity contribution in [2.45, 2.75) is 88.5 Å². The lowest BCUT2D eigenvalue weighted by Gasteiger charge is -2.51.